The minimum Gasteiger partial charge on any atom is -0.0844 e. The number of rotatable bonds is 0. The van der Waals surface area contributed by atoms with Gasteiger partial charge in [0.2, 0.25) is 0 Å². The van der Waals surface area contributed by atoms with Gasteiger partial charge >= 0.3 is 0 Å². The molecular weight excluding hydrogens is 176 g/mol. The Labute approximate surface area is 62.1 Å². The Bertz CT molecular complexity index is 206. The van der Waals surface area contributed by atoms with Crippen LogP contribution in [0.4, 0.5) is 0 Å². The Morgan fingerprint density at radius 3 is 1.44 bits per heavy atom. The molecule has 6 rings (SSSR count). The summed E-state index contributed by atoms with van der Waals surface area (Å²) in [5.74, 6) is 8.63. The molecule has 0 heterocycles. The van der Waals surface area contributed by atoms with Gasteiger partial charge in [-0.05, 0) is 41.4 Å². The molecule has 6 aliphatic rings. The van der Waals surface area contributed by atoms with Crippen molar-refractivity contribution in [3.05, 3.63) is 0 Å². The maximum absolute atomic E-state index is 3.92. The normalized spacial score (nSPS) is 106. The summed E-state index contributed by atoms with van der Waals surface area (Å²) in [6, 6.07) is 0. The number of hydrogen-bond donors (Lipinski definition) is 0. The van der Waals surface area contributed by atoms with E-state index in [0.717, 1.165) is 4.32 Å². The van der Waals surface area contributed by atoms with E-state index in [0.29, 0.717) is 0 Å². The van der Waals surface area contributed by atoms with Gasteiger partial charge < -0.3 is 0 Å². The van der Waals surface area contributed by atoms with Gasteiger partial charge in [-0.25, -0.2) is 0 Å². The van der Waals surface area contributed by atoms with Crippen LogP contribution in [0, 0.1) is 41.4 Å². The van der Waals surface area contributed by atoms with Crippen molar-refractivity contribution in [3.63, 3.8) is 0 Å². The van der Waals surface area contributed by atoms with Crippen molar-refractivity contribution < 1.29 is 0 Å². The van der Waals surface area contributed by atoms with Crippen molar-refractivity contribution in [1.82, 2.24) is 0 Å². The highest BCUT2D eigenvalue weighted by Crippen LogP contribution is 3.04. The van der Waals surface area contributed by atoms with Crippen LogP contribution in [0.15, 0.2) is 0 Å². The van der Waals surface area contributed by atoms with E-state index >= 15 is 0 Å². The fourth-order valence-corrected chi connectivity index (χ4v) is 7.12. The zero-order valence-corrected chi connectivity index (χ0v) is 6.51. The van der Waals surface area contributed by atoms with Crippen molar-refractivity contribution in [3.8, 4) is 0 Å². The molecule has 9 heavy (non-hydrogen) atoms. The summed E-state index contributed by atoms with van der Waals surface area (Å²) in [5, 5.41) is 0. The predicted octanol–water partition coefficient (Wildman–Crippen LogP) is 1.50. The number of hydrogen-bond acceptors (Lipinski definition) is 0. The molecule has 0 atom stereocenters. The summed E-state index contributed by atoms with van der Waals surface area (Å²) >= 11 is 3.92. The Kier molecular flexibility index (Phi) is 0.262. The Morgan fingerprint density at radius 1 is 0.778 bits per heavy atom. The quantitative estimate of drug-likeness (QED) is 0.499. The molecule has 0 radical (unpaired) electrons. The highest BCUT2D eigenvalue weighted by Gasteiger charge is 3.03. The molecule has 0 amide bonds. The molecule has 0 aromatic heterocycles. The molecule has 46 valence electrons. The van der Waals surface area contributed by atoms with Gasteiger partial charge in [0.1, 0.15) is 0 Å². The molecule has 0 saturated heterocycles. The molecule has 0 bridgehead atoms. The summed E-state index contributed by atoms with van der Waals surface area (Å²) in [7, 11) is 0. The van der Waals surface area contributed by atoms with Gasteiger partial charge in [-0.1, -0.05) is 15.9 Å². The third-order valence-corrected chi connectivity index (χ3v) is 6.94. The van der Waals surface area contributed by atoms with E-state index < -0.39 is 0 Å². The SMILES string of the molecule is BrC12C3C4C5C3C1C5C42. The topological polar surface area (TPSA) is 0 Å². The van der Waals surface area contributed by atoms with Crippen LogP contribution < -0.4 is 0 Å². The van der Waals surface area contributed by atoms with Gasteiger partial charge in [-0.3, -0.25) is 0 Å². The zero-order chi connectivity index (χ0) is 5.54. The van der Waals surface area contributed by atoms with E-state index in [-0.39, 0.29) is 0 Å². The van der Waals surface area contributed by atoms with Crippen LogP contribution in [0.1, 0.15) is 0 Å². The minimum atomic E-state index is 0.780. The summed E-state index contributed by atoms with van der Waals surface area (Å²) in [4.78, 5) is 0. The van der Waals surface area contributed by atoms with Crippen molar-refractivity contribution in [2.24, 2.45) is 41.4 Å². The average Bonchev–Trinajstić information content (AvgIpc) is 1.88. The second kappa shape index (κ2) is 0.628. The van der Waals surface area contributed by atoms with Gasteiger partial charge in [-0.15, -0.1) is 0 Å². The lowest BCUT2D eigenvalue weighted by atomic mass is 9.01. The summed E-state index contributed by atoms with van der Waals surface area (Å²) in [6.07, 6.45) is 0. The lowest BCUT2D eigenvalue weighted by Gasteiger charge is -3.06. The highest BCUT2D eigenvalue weighted by molar-refractivity contribution is 9.10. The lowest BCUT2D eigenvalue weighted by molar-refractivity contribution is -0.542. The zero-order valence-electron chi connectivity index (χ0n) is 4.92. The van der Waals surface area contributed by atoms with E-state index in [1.54, 1.807) is 0 Å². The molecule has 0 nitrogen and oxygen atoms in total. The Hall–Kier alpha value is 0.480. The molecule has 6 aliphatic carbocycles. The first-order valence-electron chi connectivity index (χ1n) is 4.06. The van der Waals surface area contributed by atoms with Gasteiger partial charge in [0.05, 0.1) is 0 Å². The molecule has 0 unspecified atom stereocenters. The molecule has 1 heteroatoms. The molecular formula is C8H7Br. The van der Waals surface area contributed by atoms with Gasteiger partial charge in [-0.2, -0.15) is 0 Å². The summed E-state index contributed by atoms with van der Waals surface area (Å²) in [5.41, 5.74) is 0. The predicted molar refractivity (Wildman–Crippen MR) is 36.1 cm³/mol. The minimum absolute atomic E-state index is 0.780. The monoisotopic (exact) mass is 182 g/mol. The van der Waals surface area contributed by atoms with Crippen LogP contribution >= 0.6 is 15.9 Å². The fourth-order valence-electron chi connectivity index (χ4n) is 5.29. The maximum Gasteiger partial charge on any atom is 0.0359 e. The second-order valence-electron chi connectivity index (χ2n) is 4.71. The van der Waals surface area contributed by atoms with Crippen molar-refractivity contribution >= 4 is 15.9 Å². The van der Waals surface area contributed by atoms with Crippen LogP contribution in [0.2, 0.25) is 0 Å². The van der Waals surface area contributed by atoms with Crippen molar-refractivity contribution in [1.29, 1.82) is 0 Å². The molecule has 6 saturated carbocycles. The third-order valence-electron chi connectivity index (χ3n) is 5.35. The molecule has 0 aromatic carbocycles. The van der Waals surface area contributed by atoms with Crippen LogP contribution in [-0.4, -0.2) is 4.32 Å². The van der Waals surface area contributed by atoms with Gasteiger partial charge in [0.25, 0.3) is 0 Å². The first kappa shape index (κ1) is 3.75. The van der Waals surface area contributed by atoms with Crippen LogP contribution in [0.3, 0.4) is 0 Å². The van der Waals surface area contributed by atoms with Gasteiger partial charge in [0.15, 0.2) is 0 Å². The third kappa shape index (κ3) is 0.120. The second-order valence-corrected chi connectivity index (χ2v) is 6.09. The van der Waals surface area contributed by atoms with Crippen LogP contribution in [0.25, 0.3) is 0 Å². The Balaban J connectivity index is 1.93. The summed E-state index contributed by atoms with van der Waals surface area (Å²) < 4.78 is 0.780. The van der Waals surface area contributed by atoms with E-state index in [1.165, 1.54) is 41.4 Å². The van der Waals surface area contributed by atoms with E-state index in [9.17, 15) is 0 Å². The lowest BCUT2D eigenvalue weighted by Crippen LogP contribution is -3.06. The van der Waals surface area contributed by atoms with Crippen LogP contribution in [0.5, 0.6) is 0 Å². The largest absolute Gasteiger partial charge is 0.0844 e. The Morgan fingerprint density at radius 2 is 1.22 bits per heavy atom. The standard InChI is InChI=1S/C8H7Br/c9-8-5-2-1-3(5)7(8)4(1)6(2)8/h1-7H. The average molecular weight is 183 g/mol. The molecule has 0 spiro atoms. The van der Waals surface area contributed by atoms with E-state index in [1.807, 2.05) is 0 Å². The fraction of sp³-hybridized carbons (Fsp3) is 1.00. The first-order chi connectivity index (χ1) is 4.37. The first-order valence-corrected chi connectivity index (χ1v) is 4.85. The maximum atomic E-state index is 3.92. The molecule has 6 fully saturated rings. The molecule has 0 N–H and O–H groups in total. The number of halogens is 1. The van der Waals surface area contributed by atoms with Gasteiger partial charge in [0, 0.05) is 4.32 Å². The van der Waals surface area contributed by atoms with Crippen molar-refractivity contribution in [2.45, 2.75) is 4.32 Å². The molecule has 0 aromatic rings. The van der Waals surface area contributed by atoms with E-state index in [2.05, 4.69) is 15.9 Å². The number of alkyl halides is 1. The van der Waals surface area contributed by atoms with E-state index in [4.69, 9.17) is 0 Å². The van der Waals surface area contributed by atoms with Crippen molar-refractivity contribution in [2.75, 3.05) is 0 Å². The smallest absolute Gasteiger partial charge is 0.0359 e. The highest BCUT2D eigenvalue weighted by atomic mass is 79.9. The summed E-state index contributed by atoms with van der Waals surface area (Å²) in [6.45, 7) is 0. The van der Waals surface area contributed by atoms with Crippen LogP contribution in [-0.2, 0) is 0 Å². The molecule has 0 aliphatic heterocycles.